The van der Waals surface area contributed by atoms with Crippen molar-refractivity contribution in [2.45, 2.75) is 12.1 Å². The van der Waals surface area contributed by atoms with E-state index in [1.807, 2.05) is 38.4 Å². The number of halogens is 2. The molecule has 1 heterocycles. The molecule has 1 fully saturated rings. The van der Waals surface area contributed by atoms with Crippen LogP contribution in [-0.2, 0) is 9.53 Å². The van der Waals surface area contributed by atoms with Crippen molar-refractivity contribution < 1.29 is 14.3 Å². The molecule has 2 unspecified atom stereocenters. The van der Waals surface area contributed by atoms with Crippen molar-refractivity contribution >= 4 is 30.7 Å². The molecule has 2 N–H and O–H groups in total. The van der Waals surface area contributed by atoms with Crippen molar-refractivity contribution in [2.75, 3.05) is 47.5 Å². The smallest absolute Gasteiger partial charge is 0.239 e. The van der Waals surface area contributed by atoms with Gasteiger partial charge in [0.1, 0.15) is 11.8 Å². The first kappa shape index (κ1) is 22.9. The molecule has 138 valence electrons. The normalized spacial score (nSPS) is 18.1. The lowest BCUT2D eigenvalue weighted by atomic mass is 10.1. The summed E-state index contributed by atoms with van der Waals surface area (Å²) in [4.78, 5) is 14.3. The Morgan fingerprint density at radius 1 is 1.46 bits per heavy atom. The summed E-state index contributed by atoms with van der Waals surface area (Å²) >= 11 is 0. The third-order valence-electron chi connectivity index (χ3n) is 3.81. The molecule has 0 aliphatic carbocycles. The Morgan fingerprint density at radius 2 is 2.21 bits per heavy atom. The number of likely N-dealkylation sites (N-methyl/N-ethyl adjacent to an activating group) is 1. The number of benzene rings is 1. The average molecular weight is 380 g/mol. The molecule has 1 amide bonds. The van der Waals surface area contributed by atoms with E-state index in [-0.39, 0.29) is 42.8 Å². The Morgan fingerprint density at radius 3 is 2.79 bits per heavy atom. The topological polar surface area (TPSA) is 62.8 Å². The third-order valence-corrected chi connectivity index (χ3v) is 3.81. The quantitative estimate of drug-likeness (QED) is 0.778. The summed E-state index contributed by atoms with van der Waals surface area (Å²) in [7, 11) is 5.65. The number of ether oxygens (including phenoxy) is 2. The minimum Gasteiger partial charge on any atom is -0.497 e. The van der Waals surface area contributed by atoms with E-state index in [1.165, 1.54) is 0 Å². The molecule has 2 atom stereocenters. The van der Waals surface area contributed by atoms with Crippen LogP contribution in [0.25, 0.3) is 0 Å². The largest absolute Gasteiger partial charge is 0.497 e. The van der Waals surface area contributed by atoms with Gasteiger partial charge < -0.3 is 25.0 Å². The number of carbonyl (C=O) groups excluding carboxylic acids is 1. The highest BCUT2D eigenvalue weighted by atomic mass is 35.5. The molecule has 8 heteroatoms. The van der Waals surface area contributed by atoms with E-state index in [4.69, 9.17) is 9.47 Å². The number of nitrogens with zero attached hydrogens (tertiary/aromatic N) is 1. The van der Waals surface area contributed by atoms with Gasteiger partial charge in [-0.05, 0) is 31.8 Å². The average Bonchev–Trinajstić information content (AvgIpc) is 2.55. The number of nitrogens with one attached hydrogen (secondary N) is 2. The zero-order valence-corrected chi connectivity index (χ0v) is 15.9. The van der Waals surface area contributed by atoms with Gasteiger partial charge in [-0.25, -0.2) is 0 Å². The van der Waals surface area contributed by atoms with Crippen molar-refractivity contribution in [3.63, 3.8) is 0 Å². The van der Waals surface area contributed by atoms with E-state index in [1.54, 1.807) is 7.11 Å². The number of morpholine rings is 1. The van der Waals surface area contributed by atoms with Crippen LogP contribution in [0, 0.1) is 0 Å². The molecule has 0 bridgehead atoms. The molecule has 0 radical (unpaired) electrons. The van der Waals surface area contributed by atoms with E-state index in [2.05, 4.69) is 15.5 Å². The zero-order valence-electron chi connectivity index (χ0n) is 14.3. The minimum atomic E-state index is -0.262. The van der Waals surface area contributed by atoms with Gasteiger partial charge in [0, 0.05) is 13.1 Å². The number of hydrogen-bond donors (Lipinski definition) is 2. The SMILES string of the molecule is COc1cccc(C(CNC(=O)C2COCCN2)N(C)C)c1.Cl.Cl. The first-order chi connectivity index (χ1) is 10.6. The van der Waals surface area contributed by atoms with E-state index < -0.39 is 0 Å². The standard InChI is InChI=1S/C16H25N3O3.2ClH/c1-19(2)15(12-5-4-6-13(9-12)21-3)10-18-16(20)14-11-22-8-7-17-14;;/h4-6,9,14-15,17H,7-8,10-11H2,1-3H3,(H,18,20);2*1H. The predicted molar refractivity (Wildman–Crippen MR) is 99.5 cm³/mol. The molecule has 0 spiro atoms. The summed E-state index contributed by atoms with van der Waals surface area (Å²) in [6.45, 7) is 2.34. The van der Waals surface area contributed by atoms with Crippen LogP contribution in [0.5, 0.6) is 5.75 Å². The van der Waals surface area contributed by atoms with Crippen molar-refractivity contribution in [1.29, 1.82) is 0 Å². The molecule has 1 aromatic carbocycles. The summed E-state index contributed by atoms with van der Waals surface area (Å²) in [6.07, 6.45) is 0. The molecule has 24 heavy (non-hydrogen) atoms. The second-order valence-electron chi connectivity index (χ2n) is 5.58. The van der Waals surface area contributed by atoms with Crippen molar-refractivity contribution in [3.8, 4) is 5.75 Å². The summed E-state index contributed by atoms with van der Waals surface area (Å²) in [5.41, 5.74) is 1.11. The Balaban J connectivity index is 0.00000264. The first-order valence-corrected chi connectivity index (χ1v) is 7.51. The maximum absolute atomic E-state index is 12.2. The Bertz CT molecular complexity index is 497. The van der Waals surface area contributed by atoms with Crippen LogP contribution >= 0.6 is 24.8 Å². The lowest BCUT2D eigenvalue weighted by Gasteiger charge is -2.27. The third kappa shape index (κ3) is 6.45. The number of hydrogen-bond acceptors (Lipinski definition) is 5. The molecular formula is C16H27Cl2N3O3. The van der Waals surface area contributed by atoms with Crippen molar-refractivity contribution in [1.82, 2.24) is 15.5 Å². The van der Waals surface area contributed by atoms with Crippen LogP contribution < -0.4 is 15.4 Å². The lowest BCUT2D eigenvalue weighted by molar-refractivity contribution is -0.126. The molecule has 2 rings (SSSR count). The molecule has 6 nitrogen and oxygen atoms in total. The fourth-order valence-electron chi connectivity index (χ4n) is 2.50. The van der Waals surface area contributed by atoms with Crippen LogP contribution in [0.15, 0.2) is 24.3 Å². The van der Waals surface area contributed by atoms with E-state index >= 15 is 0 Å². The van der Waals surface area contributed by atoms with Crippen LogP contribution in [0.2, 0.25) is 0 Å². The second kappa shape index (κ2) is 11.5. The molecule has 1 saturated heterocycles. The summed E-state index contributed by atoms with van der Waals surface area (Å²) in [6, 6.07) is 7.74. The highest BCUT2D eigenvalue weighted by Crippen LogP contribution is 2.22. The number of rotatable bonds is 6. The van der Waals surface area contributed by atoms with Crippen LogP contribution in [0.3, 0.4) is 0 Å². The van der Waals surface area contributed by atoms with Gasteiger partial charge in [-0.15, -0.1) is 24.8 Å². The highest BCUT2D eigenvalue weighted by molar-refractivity contribution is 5.85. The van der Waals surface area contributed by atoms with Gasteiger partial charge in [0.25, 0.3) is 0 Å². The van der Waals surface area contributed by atoms with Gasteiger partial charge in [0.2, 0.25) is 5.91 Å². The van der Waals surface area contributed by atoms with Gasteiger partial charge in [-0.2, -0.15) is 0 Å². The molecule has 1 aliphatic heterocycles. The summed E-state index contributed by atoms with van der Waals surface area (Å²) < 4.78 is 10.6. The van der Waals surface area contributed by atoms with Crippen LogP contribution in [0.4, 0.5) is 0 Å². The molecule has 1 aliphatic rings. The van der Waals surface area contributed by atoms with Crippen molar-refractivity contribution in [3.05, 3.63) is 29.8 Å². The Hall–Kier alpha value is -1.05. The first-order valence-electron chi connectivity index (χ1n) is 7.51. The Labute approximate surface area is 156 Å². The van der Waals surface area contributed by atoms with Gasteiger partial charge in [0.05, 0.1) is 26.4 Å². The van der Waals surface area contributed by atoms with E-state index in [0.717, 1.165) is 11.3 Å². The predicted octanol–water partition coefficient (Wildman–Crippen LogP) is 1.25. The van der Waals surface area contributed by atoms with Crippen molar-refractivity contribution in [2.24, 2.45) is 0 Å². The summed E-state index contributed by atoms with van der Waals surface area (Å²) in [5.74, 6) is 0.799. The van der Waals surface area contributed by atoms with Crippen LogP contribution in [0.1, 0.15) is 11.6 Å². The van der Waals surface area contributed by atoms with Gasteiger partial charge in [-0.3, -0.25) is 4.79 Å². The minimum absolute atomic E-state index is 0. The molecule has 0 saturated carbocycles. The lowest BCUT2D eigenvalue weighted by Crippen LogP contribution is -2.52. The summed E-state index contributed by atoms with van der Waals surface area (Å²) in [5, 5.41) is 6.17. The monoisotopic (exact) mass is 379 g/mol. The second-order valence-corrected chi connectivity index (χ2v) is 5.58. The maximum Gasteiger partial charge on any atom is 0.239 e. The van der Waals surface area contributed by atoms with E-state index in [9.17, 15) is 4.79 Å². The molecule has 1 aromatic rings. The maximum atomic E-state index is 12.2. The highest BCUT2D eigenvalue weighted by Gasteiger charge is 2.23. The molecular weight excluding hydrogens is 353 g/mol. The zero-order chi connectivity index (χ0) is 15.9. The number of methoxy groups -OCH3 is 1. The fraction of sp³-hybridized carbons (Fsp3) is 0.562. The van der Waals surface area contributed by atoms with Gasteiger partial charge in [-0.1, -0.05) is 12.1 Å². The van der Waals surface area contributed by atoms with Gasteiger partial charge >= 0.3 is 0 Å². The van der Waals surface area contributed by atoms with E-state index in [0.29, 0.717) is 26.3 Å². The van der Waals surface area contributed by atoms with Crippen LogP contribution in [-0.4, -0.2) is 64.4 Å². The number of amides is 1. The molecule has 0 aromatic heterocycles. The fourth-order valence-corrected chi connectivity index (χ4v) is 2.50. The van der Waals surface area contributed by atoms with Gasteiger partial charge in [0.15, 0.2) is 0 Å². The number of carbonyl (C=O) groups is 1. The Kier molecular flexibility index (Phi) is 11.0.